The van der Waals surface area contributed by atoms with Gasteiger partial charge in [-0.15, -0.1) is 0 Å². The first-order chi connectivity index (χ1) is 0. The second-order valence-corrected chi connectivity index (χ2v) is 0. The molecular weight excluding hydrogens is 517 g/mol. The van der Waals surface area contributed by atoms with Gasteiger partial charge in [0.25, 0.3) is 0 Å². The molecule has 0 heterocycles. The van der Waals surface area contributed by atoms with Gasteiger partial charge in [-0.2, -0.15) is 0 Å². The van der Waals surface area contributed by atoms with Crippen molar-refractivity contribution in [3.8, 4) is 0 Å². The zero-order valence-corrected chi connectivity index (χ0v) is 13.6. The molecule has 5 heavy (non-hydrogen) atoms. The average molecular weight is 517 g/mol. The first-order valence-corrected chi connectivity index (χ1v) is 0. The van der Waals surface area contributed by atoms with Gasteiger partial charge in [0.1, 0.15) is 0 Å². The van der Waals surface area contributed by atoms with Crippen LogP contribution in [0, 0.1) is 83.5 Å². The zero-order valence-electron chi connectivity index (χ0n) is 2.22. The summed E-state index contributed by atoms with van der Waals surface area (Å²) in [7, 11) is 0. The van der Waals surface area contributed by atoms with E-state index in [-0.39, 0.29) is 135 Å². The molecule has 0 saturated carbocycles. The van der Waals surface area contributed by atoms with E-state index >= 15 is 0 Å². The molecule has 0 amide bonds. The van der Waals surface area contributed by atoms with E-state index in [2.05, 4.69) is 0 Å². The molecule has 6 radical (unpaired) electrons. The van der Waals surface area contributed by atoms with E-state index in [1.165, 1.54) is 0 Å². The molecule has 0 aromatic carbocycles. The largest absolute Gasteiger partial charge is 0 e. The molecule has 0 unspecified atom stereocenters. The van der Waals surface area contributed by atoms with Gasteiger partial charge in [0, 0.05) is 135 Å². The fourth-order valence-corrected chi connectivity index (χ4v) is 0. The summed E-state index contributed by atoms with van der Waals surface area (Å²) >= 11 is 0. The van der Waals surface area contributed by atoms with Crippen molar-refractivity contribution in [2.24, 2.45) is 0 Å². The summed E-state index contributed by atoms with van der Waals surface area (Å²) in [6.07, 6.45) is 0. The van der Waals surface area contributed by atoms with Crippen LogP contribution in [0.2, 0.25) is 0 Å². The molecule has 0 aliphatic carbocycles. The summed E-state index contributed by atoms with van der Waals surface area (Å²) in [5.74, 6) is 0. The van der Waals surface area contributed by atoms with Crippen LogP contribution in [0.5, 0.6) is 0 Å². The van der Waals surface area contributed by atoms with Crippen LogP contribution in [0.25, 0.3) is 0 Å². The predicted molar refractivity (Wildman–Crippen MR) is 17.3 cm³/mol. The molecule has 0 fully saturated rings. The van der Waals surface area contributed by atoms with E-state index in [1.54, 1.807) is 0 Å². The van der Waals surface area contributed by atoms with Gasteiger partial charge in [-0.1, -0.05) is 0 Å². The Labute approximate surface area is 131 Å². The van der Waals surface area contributed by atoms with E-state index in [0.717, 1.165) is 0 Å². The van der Waals surface area contributed by atoms with Crippen molar-refractivity contribution in [3.63, 3.8) is 0 Å². The maximum atomic E-state index is 0. The molecule has 0 saturated heterocycles. The summed E-state index contributed by atoms with van der Waals surface area (Å²) in [5, 5.41) is 0. The zero-order chi connectivity index (χ0) is 0. The fraction of sp³-hybridized carbons (Fsp3) is 0. The van der Waals surface area contributed by atoms with Crippen LogP contribution in [0.4, 0.5) is 0 Å². The Kier molecular flexibility index (Phi) is 165. The number of hydrogen-bond donors (Lipinski definition) is 0. The Morgan fingerprint density at radius 2 is 0.400 bits per heavy atom. The molecule has 0 nitrogen and oxygen atoms in total. The van der Waals surface area contributed by atoms with Gasteiger partial charge >= 0.3 is 0 Å². The Hall–Kier alpha value is 4.31. The third-order valence-corrected chi connectivity index (χ3v) is 0. The van der Waals surface area contributed by atoms with Crippen molar-refractivity contribution in [3.05, 3.63) is 0 Å². The normalized spacial score (nSPS) is 0. The minimum absolute atomic E-state index is 0. The van der Waals surface area contributed by atoms with E-state index < -0.39 is 0 Å². The van der Waals surface area contributed by atoms with Crippen molar-refractivity contribution in [1.82, 2.24) is 0 Å². The van der Waals surface area contributed by atoms with E-state index in [9.17, 15) is 0 Å². The predicted octanol–water partition coefficient (Wildman–Crippen LogP) is -1.14. The minimum atomic E-state index is 0. The first-order valence-electron chi connectivity index (χ1n) is 0. The molecule has 0 aromatic heterocycles. The van der Waals surface area contributed by atoms with Crippen molar-refractivity contribution >= 4 is 51.2 Å². The molecule has 26 valence electrons. The van der Waals surface area contributed by atoms with E-state index in [4.69, 9.17) is 0 Å². The molecule has 0 aliphatic rings. The minimum Gasteiger partial charge on any atom is 0 e. The Morgan fingerprint density at radius 1 is 0.400 bits per heavy atom. The Balaban J connectivity index is 0. The smallest absolute Gasteiger partial charge is 0 e. The fourth-order valence-electron chi connectivity index (χ4n) is 0. The third-order valence-electron chi connectivity index (χ3n) is 0. The van der Waals surface area contributed by atoms with Gasteiger partial charge in [0.2, 0.25) is 0 Å². The second kappa shape index (κ2) is 23.9. The number of rotatable bonds is 0. The average Bonchev–Trinajstić information content (AvgIpc) is 0. The molecule has 0 bridgehead atoms. The summed E-state index contributed by atoms with van der Waals surface area (Å²) in [4.78, 5) is 0. The van der Waals surface area contributed by atoms with Crippen LogP contribution >= 0.6 is 0 Å². The maximum Gasteiger partial charge on any atom is 0 e. The SMILES string of the molecule is [Ce].[Ce].[Se].[Se].[Se]. The molecular formula is Ce2Se3. The van der Waals surface area contributed by atoms with Gasteiger partial charge in [0.05, 0.1) is 0 Å². The topological polar surface area (TPSA) is 0 Å². The van der Waals surface area contributed by atoms with Crippen LogP contribution in [-0.2, 0) is 0 Å². The first kappa shape index (κ1) is 34.6. The Morgan fingerprint density at radius 3 is 0.400 bits per heavy atom. The summed E-state index contributed by atoms with van der Waals surface area (Å²) in [5.41, 5.74) is 0. The van der Waals surface area contributed by atoms with Crippen molar-refractivity contribution in [1.29, 1.82) is 0 Å². The summed E-state index contributed by atoms with van der Waals surface area (Å²) in [6, 6.07) is 0. The van der Waals surface area contributed by atoms with Crippen LogP contribution < -0.4 is 0 Å². The quantitative estimate of drug-likeness (QED) is 0.357. The monoisotopic (exact) mass is 520 g/mol. The van der Waals surface area contributed by atoms with Gasteiger partial charge in [-0.25, -0.2) is 0 Å². The van der Waals surface area contributed by atoms with Crippen LogP contribution in [0.1, 0.15) is 0 Å². The Bertz CT molecular complexity index is 4.85. The summed E-state index contributed by atoms with van der Waals surface area (Å²) < 4.78 is 0. The molecule has 0 atom stereocenters. The molecule has 0 spiro atoms. The van der Waals surface area contributed by atoms with Crippen LogP contribution in [-0.4, -0.2) is 51.2 Å². The van der Waals surface area contributed by atoms with Crippen molar-refractivity contribution in [2.45, 2.75) is 0 Å². The second-order valence-electron chi connectivity index (χ2n) is 0. The van der Waals surface area contributed by atoms with Crippen molar-refractivity contribution in [2.75, 3.05) is 0 Å². The van der Waals surface area contributed by atoms with E-state index in [0.29, 0.717) is 0 Å². The molecule has 0 N–H and O–H groups in total. The molecule has 5 heteroatoms. The molecule has 0 rings (SSSR count). The maximum absolute atomic E-state index is 0. The van der Waals surface area contributed by atoms with Gasteiger partial charge in [-0.05, 0) is 0 Å². The van der Waals surface area contributed by atoms with Crippen molar-refractivity contribution < 1.29 is 83.5 Å². The third kappa shape index (κ3) is 17.8. The van der Waals surface area contributed by atoms with Crippen LogP contribution in [0.3, 0.4) is 0 Å². The van der Waals surface area contributed by atoms with E-state index in [1.807, 2.05) is 0 Å². The number of hydrogen-bond acceptors (Lipinski definition) is 0. The summed E-state index contributed by atoms with van der Waals surface area (Å²) in [6.45, 7) is 0. The van der Waals surface area contributed by atoms with Gasteiger partial charge in [0.15, 0.2) is 0 Å². The molecule has 0 aliphatic heterocycles. The van der Waals surface area contributed by atoms with Gasteiger partial charge < -0.3 is 0 Å². The molecule has 0 aromatic rings. The standard InChI is InChI=1S/2Ce.3Se. The van der Waals surface area contributed by atoms with Gasteiger partial charge in [-0.3, -0.25) is 0 Å². The van der Waals surface area contributed by atoms with Crippen LogP contribution in [0.15, 0.2) is 0 Å².